The molecule has 0 radical (unpaired) electrons. The number of ketones is 1. The molecule has 4 rings (SSSR count). The molecule has 3 aromatic rings. The maximum atomic E-state index is 12.9. The van der Waals surface area contributed by atoms with Crippen LogP contribution in [-0.4, -0.2) is 32.6 Å². The van der Waals surface area contributed by atoms with Crippen molar-refractivity contribution in [2.24, 2.45) is 0 Å². The molecule has 0 aromatic heterocycles. The lowest BCUT2D eigenvalue weighted by molar-refractivity contribution is -0.151. The predicted octanol–water partition coefficient (Wildman–Crippen LogP) is 5.00. The third-order valence-corrected chi connectivity index (χ3v) is 5.22. The van der Waals surface area contributed by atoms with E-state index >= 15 is 0 Å². The lowest BCUT2D eigenvalue weighted by atomic mass is 10.1. The zero-order valence-electron chi connectivity index (χ0n) is 19.1. The summed E-state index contributed by atoms with van der Waals surface area (Å²) in [5, 5.41) is 0. The number of hydrogen-bond donors (Lipinski definition) is 0. The Kier molecular flexibility index (Phi) is 6.82. The molecule has 0 N–H and O–H groups in total. The highest BCUT2D eigenvalue weighted by atomic mass is 16.6. The molecule has 1 aliphatic rings. The Morgan fingerprint density at radius 1 is 1.00 bits per heavy atom. The Hall–Kier alpha value is -4.26. The van der Waals surface area contributed by atoms with Crippen LogP contribution in [0, 0.1) is 0 Å². The van der Waals surface area contributed by atoms with E-state index in [-0.39, 0.29) is 18.1 Å². The third-order valence-electron chi connectivity index (χ3n) is 5.22. The van der Waals surface area contributed by atoms with Crippen molar-refractivity contribution in [3.8, 4) is 23.0 Å². The Balaban J connectivity index is 1.61. The van der Waals surface area contributed by atoms with Crippen LogP contribution in [0.1, 0.15) is 34.5 Å². The summed E-state index contributed by atoms with van der Waals surface area (Å²) in [6, 6.07) is 19.3. The average Bonchev–Trinajstić information content (AvgIpc) is 3.17. The number of carbonyl (C=O) groups is 2. The molecule has 34 heavy (non-hydrogen) atoms. The summed E-state index contributed by atoms with van der Waals surface area (Å²) in [4.78, 5) is 25.5. The number of fused-ring (bicyclic) bond motifs is 1. The van der Waals surface area contributed by atoms with E-state index in [1.54, 1.807) is 68.6 Å². The molecule has 1 heterocycles. The highest BCUT2D eigenvalue weighted by Crippen LogP contribution is 2.38. The summed E-state index contributed by atoms with van der Waals surface area (Å²) in [7, 11) is 3.07. The molecule has 0 amide bonds. The zero-order chi connectivity index (χ0) is 24.1. The van der Waals surface area contributed by atoms with E-state index in [2.05, 4.69) is 0 Å². The molecule has 0 fully saturated rings. The van der Waals surface area contributed by atoms with E-state index in [4.69, 9.17) is 23.7 Å². The van der Waals surface area contributed by atoms with Crippen LogP contribution in [0.2, 0.25) is 0 Å². The van der Waals surface area contributed by atoms with Crippen molar-refractivity contribution in [1.29, 1.82) is 0 Å². The summed E-state index contributed by atoms with van der Waals surface area (Å²) < 4.78 is 27.8. The minimum Gasteiger partial charge on any atom is -0.493 e. The van der Waals surface area contributed by atoms with Crippen LogP contribution in [0.4, 0.5) is 0 Å². The Labute approximate surface area is 197 Å². The molecule has 174 valence electrons. The van der Waals surface area contributed by atoms with Gasteiger partial charge in [-0.05, 0) is 31.2 Å². The number of Topliss-reactive ketones (excluding diaryl/α,β-unsaturated/α-hetero) is 1. The smallest absolute Gasteiger partial charge is 0.352 e. The van der Waals surface area contributed by atoms with Crippen LogP contribution in [0.5, 0.6) is 23.0 Å². The van der Waals surface area contributed by atoms with Gasteiger partial charge in [0, 0.05) is 17.2 Å². The minimum absolute atomic E-state index is 0.142. The van der Waals surface area contributed by atoms with Crippen LogP contribution in [0.25, 0.3) is 6.08 Å². The van der Waals surface area contributed by atoms with E-state index < -0.39 is 12.1 Å². The van der Waals surface area contributed by atoms with Gasteiger partial charge in [-0.1, -0.05) is 42.5 Å². The van der Waals surface area contributed by atoms with E-state index in [0.717, 1.165) is 0 Å². The fraction of sp³-hybridized carbons (Fsp3) is 0.185. The predicted molar refractivity (Wildman–Crippen MR) is 125 cm³/mol. The Morgan fingerprint density at radius 2 is 1.79 bits per heavy atom. The van der Waals surface area contributed by atoms with Crippen molar-refractivity contribution < 1.29 is 33.3 Å². The number of hydrogen-bond acceptors (Lipinski definition) is 7. The monoisotopic (exact) mass is 460 g/mol. The van der Waals surface area contributed by atoms with E-state index in [1.807, 2.05) is 18.2 Å². The maximum Gasteiger partial charge on any atom is 0.352 e. The molecule has 0 aliphatic carbocycles. The van der Waals surface area contributed by atoms with Gasteiger partial charge in [-0.2, -0.15) is 0 Å². The summed E-state index contributed by atoms with van der Waals surface area (Å²) in [6.07, 6.45) is 0.655. The first kappa shape index (κ1) is 22.9. The molecular weight excluding hydrogens is 436 g/mol. The molecular formula is C27H24O7. The maximum absolute atomic E-state index is 12.9. The van der Waals surface area contributed by atoms with Crippen molar-refractivity contribution in [2.75, 3.05) is 20.8 Å². The molecule has 0 spiro atoms. The number of carbonyl (C=O) groups excluding carboxylic acids is 2. The van der Waals surface area contributed by atoms with Crippen molar-refractivity contribution in [3.05, 3.63) is 89.2 Å². The van der Waals surface area contributed by atoms with Crippen LogP contribution >= 0.6 is 0 Å². The summed E-state index contributed by atoms with van der Waals surface area (Å²) >= 11 is 0. The zero-order valence-corrected chi connectivity index (χ0v) is 19.1. The normalized spacial score (nSPS) is 14.2. The summed E-state index contributed by atoms with van der Waals surface area (Å²) in [5.74, 6) is 1.12. The van der Waals surface area contributed by atoms with Gasteiger partial charge in [-0.3, -0.25) is 4.79 Å². The Morgan fingerprint density at radius 3 is 2.50 bits per heavy atom. The lowest BCUT2D eigenvalue weighted by Crippen LogP contribution is -2.21. The second-order valence-electron chi connectivity index (χ2n) is 7.34. The quantitative estimate of drug-likeness (QED) is 0.346. The van der Waals surface area contributed by atoms with Gasteiger partial charge < -0.3 is 23.7 Å². The van der Waals surface area contributed by atoms with Crippen molar-refractivity contribution in [2.45, 2.75) is 13.0 Å². The summed E-state index contributed by atoms with van der Waals surface area (Å²) in [5.41, 5.74) is 1.69. The highest BCUT2D eigenvalue weighted by Gasteiger charge is 2.30. The standard InChI is InChI=1S/C27H24O7/c1-4-32-27(29)26(17-9-6-5-7-10-17)33-19-13-14-20-22(16-19)34-23(24(20)28)15-18-11-8-12-21(30-2)25(18)31-3/h5-16,26H,4H2,1-3H3/b23-15-/t26-/m1/s1. The average molecular weight is 460 g/mol. The van der Waals surface area contributed by atoms with E-state index in [9.17, 15) is 9.59 Å². The molecule has 1 atom stereocenters. The second kappa shape index (κ2) is 10.1. The first-order valence-corrected chi connectivity index (χ1v) is 10.7. The molecule has 7 heteroatoms. The molecule has 3 aromatic carbocycles. The topological polar surface area (TPSA) is 80.3 Å². The van der Waals surface area contributed by atoms with E-state index in [0.29, 0.717) is 39.7 Å². The number of esters is 1. The summed E-state index contributed by atoms with van der Waals surface area (Å²) in [6.45, 7) is 1.97. The SMILES string of the molecule is CCOC(=O)[C@H](Oc1ccc2c(c1)O/C(=C\c1cccc(OC)c1OC)C2=O)c1ccccc1. The molecule has 0 saturated carbocycles. The number of benzene rings is 3. The van der Waals surface area contributed by atoms with Crippen LogP contribution in [0.15, 0.2) is 72.5 Å². The van der Waals surface area contributed by atoms with Crippen molar-refractivity contribution >= 4 is 17.8 Å². The molecule has 0 unspecified atom stereocenters. The highest BCUT2D eigenvalue weighted by molar-refractivity contribution is 6.14. The largest absolute Gasteiger partial charge is 0.493 e. The number of rotatable bonds is 8. The molecule has 0 bridgehead atoms. The van der Waals surface area contributed by atoms with Gasteiger partial charge in [0.1, 0.15) is 11.5 Å². The van der Waals surface area contributed by atoms with Crippen molar-refractivity contribution in [1.82, 2.24) is 0 Å². The Bertz CT molecular complexity index is 1230. The van der Waals surface area contributed by atoms with Crippen LogP contribution < -0.4 is 18.9 Å². The van der Waals surface area contributed by atoms with E-state index in [1.165, 1.54) is 7.11 Å². The van der Waals surface area contributed by atoms with Gasteiger partial charge in [0.25, 0.3) is 0 Å². The van der Waals surface area contributed by atoms with Gasteiger partial charge in [0.15, 0.2) is 17.3 Å². The third kappa shape index (κ3) is 4.59. The van der Waals surface area contributed by atoms with Crippen LogP contribution in [0.3, 0.4) is 0 Å². The fourth-order valence-corrected chi connectivity index (χ4v) is 3.64. The number of ether oxygens (including phenoxy) is 5. The van der Waals surface area contributed by atoms with Gasteiger partial charge in [0.05, 0.1) is 26.4 Å². The van der Waals surface area contributed by atoms with Gasteiger partial charge in [-0.25, -0.2) is 4.79 Å². The molecule has 1 aliphatic heterocycles. The van der Waals surface area contributed by atoms with Crippen molar-refractivity contribution in [3.63, 3.8) is 0 Å². The fourth-order valence-electron chi connectivity index (χ4n) is 3.64. The van der Waals surface area contributed by atoms with Crippen LogP contribution in [-0.2, 0) is 9.53 Å². The minimum atomic E-state index is -0.952. The first-order chi connectivity index (χ1) is 16.5. The lowest BCUT2D eigenvalue weighted by Gasteiger charge is -2.18. The second-order valence-corrected chi connectivity index (χ2v) is 7.34. The molecule has 0 saturated heterocycles. The number of allylic oxidation sites excluding steroid dienone is 1. The first-order valence-electron chi connectivity index (χ1n) is 10.7. The van der Waals surface area contributed by atoms with Gasteiger partial charge in [0.2, 0.25) is 11.9 Å². The molecule has 7 nitrogen and oxygen atoms in total. The van der Waals surface area contributed by atoms with Gasteiger partial charge in [-0.15, -0.1) is 0 Å². The van der Waals surface area contributed by atoms with Gasteiger partial charge >= 0.3 is 5.97 Å². The number of methoxy groups -OCH3 is 2. The number of para-hydroxylation sites is 1.